The zero-order chi connectivity index (χ0) is 21.3. The van der Waals surface area contributed by atoms with Gasteiger partial charge in [-0.1, -0.05) is 23.7 Å². The molecule has 2 N–H and O–H groups in total. The molecular weight excluding hydrogens is 407 g/mol. The highest BCUT2D eigenvalue weighted by Gasteiger charge is 2.10. The van der Waals surface area contributed by atoms with Gasteiger partial charge >= 0.3 is 6.03 Å². The Kier molecular flexibility index (Phi) is 5.20. The molecule has 4 rings (SSSR count). The first-order valence-electron chi connectivity index (χ1n) is 9.04. The topological polar surface area (TPSA) is 76.0 Å². The van der Waals surface area contributed by atoms with Crippen molar-refractivity contribution in [1.82, 2.24) is 9.55 Å². The number of anilines is 2. The summed E-state index contributed by atoms with van der Waals surface area (Å²) >= 11 is 5.72. The smallest absolute Gasteiger partial charge is 0.308 e. The second-order valence-corrected chi connectivity index (χ2v) is 6.98. The second-order valence-electron chi connectivity index (χ2n) is 6.57. The van der Waals surface area contributed by atoms with Gasteiger partial charge in [0.05, 0.1) is 21.6 Å². The molecule has 0 aliphatic rings. The number of urea groups is 1. The van der Waals surface area contributed by atoms with E-state index in [0.717, 1.165) is 0 Å². The average Bonchev–Trinajstić information content (AvgIpc) is 2.72. The lowest BCUT2D eigenvalue weighted by molar-refractivity contribution is 0.262. The first-order valence-corrected chi connectivity index (χ1v) is 9.42. The number of fused-ring (bicyclic) bond motifs is 1. The standard InChI is InChI=1S/C22H16ClFN4O2/c1-13-25-20-5-3-2-4-17(20)21(29)28(13)16-9-6-14(7-10-16)26-22(30)27-15-8-11-19(24)18(23)12-15/h2-12H,1H3,(H2,26,27,30). The summed E-state index contributed by atoms with van der Waals surface area (Å²) < 4.78 is 14.7. The zero-order valence-electron chi connectivity index (χ0n) is 15.8. The van der Waals surface area contributed by atoms with Crippen molar-refractivity contribution < 1.29 is 9.18 Å². The Labute approximate surface area is 175 Å². The van der Waals surface area contributed by atoms with Gasteiger partial charge in [-0.3, -0.25) is 9.36 Å². The lowest BCUT2D eigenvalue weighted by atomic mass is 10.2. The van der Waals surface area contributed by atoms with Gasteiger partial charge in [0.15, 0.2) is 0 Å². The van der Waals surface area contributed by atoms with Crippen LogP contribution in [0.4, 0.5) is 20.6 Å². The number of hydrogen-bond acceptors (Lipinski definition) is 3. The molecule has 0 saturated heterocycles. The molecule has 0 atom stereocenters. The summed E-state index contributed by atoms with van der Waals surface area (Å²) in [7, 11) is 0. The van der Waals surface area contributed by atoms with Crippen LogP contribution in [0.15, 0.2) is 71.5 Å². The first kappa shape index (κ1) is 19.6. The van der Waals surface area contributed by atoms with Gasteiger partial charge in [0.1, 0.15) is 11.6 Å². The summed E-state index contributed by atoms with van der Waals surface area (Å²) in [6, 6.07) is 17.3. The average molecular weight is 423 g/mol. The molecule has 1 heterocycles. The van der Waals surface area contributed by atoms with Crippen molar-refractivity contribution in [2.24, 2.45) is 0 Å². The minimum absolute atomic E-state index is 0.0815. The highest BCUT2D eigenvalue weighted by Crippen LogP contribution is 2.20. The summed E-state index contributed by atoms with van der Waals surface area (Å²) in [6.45, 7) is 1.77. The van der Waals surface area contributed by atoms with E-state index in [9.17, 15) is 14.0 Å². The molecule has 150 valence electrons. The third-order valence-corrected chi connectivity index (χ3v) is 4.79. The summed E-state index contributed by atoms with van der Waals surface area (Å²) in [5, 5.41) is 5.70. The molecule has 3 aromatic carbocycles. The number of amides is 2. The quantitative estimate of drug-likeness (QED) is 0.480. The monoisotopic (exact) mass is 422 g/mol. The number of nitrogens with one attached hydrogen (secondary N) is 2. The molecule has 0 aliphatic carbocycles. The minimum atomic E-state index is -0.563. The number of aromatic nitrogens is 2. The van der Waals surface area contributed by atoms with Gasteiger partial charge in [-0.2, -0.15) is 0 Å². The fourth-order valence-electron chi connectivity index (χ4n) is 3.11. The van der Waals surface area contributed by atoms with E-state index in [-0.39, 0.29) is 10.6 Å². The maximum Gasteiger partial charge on any atom is 0.323 e. The molecule has 0 unspecified atom stereocenters. The number of hydrogen-bond donors (Lipinski definition) is 2. The molecule has 0 fully saturated rings. The van der Waals surface area contributed by atoms with Crippen LogP contribution in [0.1, 0.15) is 5.82 Å². The number of para-hydroxylation sites is 1. The van der Waals surface area contributed by atoms with Crippen molar-refractivity contribution in [1.29, 1.82) is 0 Å². The van der Waals surface area contributed by atoms with Crippen LogP contribution in [0, 0.1) is 12.7 Å². The van der Waals surface area contributed by atoms with Crippen LogP contribution in [0.3, 0.4) is 0 Å². The lowest BCUT2D eigenvalue weighted by Crippen LogP contribution is -2.22. The Morgan fingerprint density at radius 2 is 1.67 bits per heavy atom. The molecular formula is C22H16ClFN4O2. The first-order chi connectivity index (χ1) is 14.4. The molecule has 1 aromatic heterocycles. The number of carbonyl (C=O) groups is 1. The Bertz CT molecular complexity index is 1320. The summed E-state index contributed by atoms with van der Waals surface area (Å²) in [5.41, 5.74) is 1.99. The van der Waals surface area contributed by atoms with Crippen molar-refractivity contribution in [2.75, 3.05) is 10.6 Å². The molecule has 0 saturated carbocycles. The van der Waals surface area contributed by atoms with Gasteiger partial charge in [-0.05, 0) is 61.5 Å². The van der Waals surface area contributed by atoms with Crippen molar-refractivity contribution in [3.63, 3.8) is 0 Å². The van der Waals surface area contributed by atoms with E-state index in [0.29, 0.717) is 33.8 Å². The van der Waals surface area contributed by atoms with Crippen LogP contribution in [-0.2, 0) is 0 Å². The Balaban J connectivity index is 1.55. The van der Waals surface area contributed by atoms with Crippen LogP contribution in [0.5, 0.6) is 0 Å². The normalized spacial score (nSPS) is 10.8. The largest absolute Gasteiger partial charge is 0.323 e. The molecule has 8 heteroatoms. The van der Waals surface area contributed by atoms with E-state index in [1.165, 1.54) is 22.8 Å². The summed E-state index contributed by atoms with van der Waals surface area (Å²) in [5.74, 6) is -0.00253. The van der Waals surface area contributed by atoms with Gasteiger partial charge in [-0.15, -0.1) is 0 Å². The predicted molar refractivity (Wildman–Crippen MR) is 116 cm³/mol. The number of halogens is 2. The van der Waals surface area contributed by atoms with Crippen LogP contribution in [0.25, 0.3) is 16.6 Å². The van der Waals surface area contributed by atoms with Crippen LogP contribution < -0.4 is 16.2 Å². The summed E-state index contributed by atoms with van der Waals surface area (Å²) in [6.07, 6.45) is 0. The third kappa shape index (κ3) is 3.88. The van der Waals surface area contributed by atoms with Crippen LogP contribution >= 0.6 is 11.6 Å². The predicted octanol–water partition coefficient (Wildman–Crippen LogP) is 5.13. The minimum Gasteiger partial charge on any atom is -0.308 e. The van der Waals surface area contributed by atoms with Crippen molar-refractivity contribution in [3.05, 3.63) is 93.7 Å². The van der Waals surface area contributed by atoms with E-state index in [4.69, 9.17) is 11.6 Å². The number of carbonyl (C=O) groups excluding carboxylic acids is 1. The van der Waals surface area contributed by atoms with E-state index in [1.54, 1.807) is 49.4 Å². The van der Waals surface area contributed by atoms with E-state index >= 15 is 0 Å². The maximum absolute atomic E-state index is 13.2. The highest BCUT2D eigenvalue weighted by atomic mass is 35.5. The van der Waals surface area contributed by atoms with Gasteiger partial charge in [0.2, 0.25) is 0 Å². The van der Waals surface area contributed by atoms with Crippen molar-refractivity contribution >= 4 is 39.9 Å². The van der Waals surface area contributed by atoms with Crippen molar-refractivity contribution in [2.45, 2.75) is 6.92 Å². The fraction of sp³-hybridized carbons (Fsp3) is 0.0455. The SMILES string of the molecule is Cc1nc2ccccc2c(=O)n1-c1ccc(NC(=O)Nc2ccc(F)c(Cl)c2)cc1. The molecule has 6 nitrogen and oxygen atoms in total. The van der Waals surface area contributed by atoms with E-state index in [2.05, 4.69) is 15.6 Å². The molecule has 30 heavy (non-hydrogen) atoms. The number of rotatable bonds is 3. The Morgan fingerprint density at radius 1 is 1.00 bits per heavy atom. The highest BCUT2D eigenvalue weighted by molar-refractivity contribution is 6.31. The Hall–Kier alpha value is -3.71. The number of benzene rings is 3. The zero-order valence-corrected chi connectivity index (χ0v) is 16.6. The van der Waals surface area contributed by atoms with Gasteiger partial charge in [-0.25, -0.2) is 14.2 Å². The molecule has 2 amide bonds. The molecule has 4 aromatic rings. The van der Waals surface area contributed by atoms with Crippen LogP contribution in [0.2, 0.25) is 5.02 Å². The van der Waals surface area contributed by atoms with Crippen LogP contribution in [-0.4, -0.2) is 15.6 Å². The Morgan fingerprint density at radius 3 is 2.40 bits per heavy atom. The van der Waals surface area contributed by atoms with E-state index < -0.39 is 11.8 Å². The van der Waals surface area contributed by atoms with Crippen molar-refractivity contribution in [3.8, 4) is 5.69 Å². The number of aryl methyl sites for hydroxylation is 1. The molecule has 0 radical (unpaired) electrons. The van der Waals surface area contributed by atoms with Gasteiger partial charge < -0.3 is 10.6 Å². The fourth-order valence-corrected chi connectivity index (χ4v) is 3.29. The molecule has 0 bridgehead atoms. The number of nitrogens with zero attached hydrogens (tertiary/aromatic N) is 2. The molecule has 0 spiro atoms. The second kappa shape index (κ2) is 7.96. The molecule has 0 aliphatic heterocycles. The maximum atomic E-state index is 13.2. The lowest BCUT2D eigenvalue weighted by Gasteiger charge is -2.12. The van der Waals surface area contributed by atoms with Gasteiger partial charge in [0.25, 0.3) is 5.56 Å². The van der Waals surface area contributed by atoms with E-state index in [1.807, 2.05) is 6.07 Å². The van der Waals surface area contributed by atoms with Gasteiger partial charge in [0, 0.05) is 11.4 Å². The third-order valence-electron chi connectivity index (χ3n) is 4.50. The summed E-state index contributed by atoms with van der Waals surface area (Å²) in [4.78, 5) is 29.5.